The number of ether oxygens (including phenoxy) is 1. The molecular formula is C38H38Cl2N4O3. The number of fused-ring (bicyclic) bond motifs is 4. The Labute approximate surface area is 285 Å². The van der Waals surface area contributed by atoms with Crippen LogP contribution in [0.25, 0.3) is 22.0 Å². The van der Waals surface area contributed by atoms with Crippen LogP contribution in [0.3, 0.4) is 0 Å². The highest BCUT2D eigenvalue weighted by Crippen LogP contribution is 2.45. The molecule has 2 aromatic heterocycles. The molecule has 0 bridgehead atoms. The van der Waals surface area contributed by atoms with Crippen molar-refractivity contribution in [3.05, 3.63) is 97.4 Å². The van der Waals surface area contributed by atoms with Gasteiger partial charge in [0.15, 0.2) is 5.78 Å². The Balaban J connectivity index is 1.36. The van der Waals surface area contributed by atoms with Crippen LogP contribution in [0.1, 0.15) is 80.3 Å². The fourth-order valence-corrected chi connectivity index (χ4v) is 8.02. The van der Waals surface area contributed by atoms with Gasteiger partial charge in [0, 0.05) is 64.5 Å². The smallest absolute Gasteiger partial charge is 0.275 e. The van der Waals surface area contributed by atoms with E-state index in [0.29, 0.717) is 49.6 Å². The van der Waals surface area contributed by atoms with Gasteiger partial charge >= 0.3 is 0 Å². The molecule has 47 heavy (non-hydrogen) atoms. The number of carbonyl (C=O) groups excluding carboxylic acids is 2. The van der Waals surface area contributed by atoms with Crippen LogP contribution in [0.5, 0.6) is 5.75 Å². The van der Waals surface area contributed by atoms with E-state index in [9.17, 15) is 9.59 Å². The van der Waals surface area contributed by atoms with Gasteiger partial charge in [-0.05, 0) is 100 Å². The summed E-state index contributed by atoms with van der Waals surface area (Å²) in [5.74, 6) is 0.864. The molecule has 7 rings (SSSR count). The first-order chi connectivity index (χ1) is 22.5. The quantitative estimate of drug-likeness (QED) is 0.162. The number of nitrogens with zero attached hydrogens (tertiary/aromatic N) is 4. The van der Waals surface area contributed by atoms with Crippen LogP contribution in [0.4, 0.5) is 5.69 Å². The maximum atomic E-state index is 14.8. The van der Waals surface area contributed by atoms with Gasteiger partial charge in [0.05, 0.1) is 22.8 Å². The second kappa shape index (κ2) is 11.9. The number of ketones is 1. The summed E-state index contributed by atoms with van der Waals surface area (Å²) in [4.78, 5) is 29.3. The standard InChI is InChI=1S/C38H38Cl2N4O3/c1-20-17-25(18-21(2)35(20)40)47-16-8-10-28-29-12-14-30(39)34(33-23(4)41-42(6)24(33)5)36(29)44-22(3)19-43(38(46)37(28)44)31-11-7-9-27-26(31)13-15-32(27)45/h7,9,11-12,14,17-18,22H,8,10,13,15-16,19H2,1-6H3/t22-/m1/s1. The number of amides is 1. The molecule has 1 amide bonds. The van der Waals surface area contributed by atoms with Gasteiger partial charge < -0.3 is 14.2 Å². The molecule has 1 atom stereocenters. The number of halogens is 2. The van der Waals surface area contributed by atoms with Crippen LogP contribution < -0.4 is 9.64 Å². The molecule has 7 nitrogen and oxygen atoms in total. The van der Waals surface area contributed by atoms with Crippen molar-refractivity contribution in [1.82, 2.24) is 14.3 Å². The second-order valence-electron chi connectivity index (χ2n) is 13.0. The van der Waals surface area contributed by atoms with Crippen molar-refractivity contribution in [2.45, 2.75) is 66.3 Å². The van der Waals surface area contributed by atoms with E-state index in [0.717, 1.165) is 77.7 Å². The van der Waals surface area contributed by atoms with E-state index in [1.807, 2.05) is 73.8 Å². The highest BCUT2D eigenvalue weighted by molar-refractivity contribution is 6.35. The van der Waals surface area contributed by atoms with E-state index in [-0.39, 0.29) is 17.7 Å². The normalized spacial score (nSPS) is 15.9. The summed E-state index contributed by atoms with van der Waals surface area (Å²) in [6.45, 7) is 11.1. The molecule has 0 fully saturated rings. The van der Waals surface area contributed by atoms with Crippen LogP contribution in [0.2, 0.25) is 10.0 Å². The van der Waals surface area contributed by atoms with Gasteiger partial charge in [-0.25, -0.2) is 0 Å². The van der Waals surface area contributed by atoms with Crippen LogP contribution >= 0.6 is 23.2 Å². The molecule has 0 saturated carbocycles. The highest BCUT2D eigenvalue weighted by atomic mass is 35.5. The summed E-state index contributed by atoms with van der Waals surface area (Å²) in [5.41, 5.74) is 10.9. The van der Waals surface area contributed by atoms with Gasteiger partial charge in [0.25, 0.3) is 5.91 Å². The Morgan fingerprint density at radius 1 is 0.979 bits per heavy atom. The lowest BCUT2D eigenvalue weighted by Crippen LogP contribution is -2.43. The Morgan fingerprint density at radius 3 is 2.43 bits per heavy atom. The number of carbonyl (C=O) groups is 2. The molecule has 3 heterocycles. The monoisotopic (exact) mass is 668 g/mol. The molecule has 0 saturated heterocycles. The maximum Gasteiger partial charge on any atom is 0.275 e. The van der Waals surface area contributed by atoms with Crippen molar-refractivity contribution >= 4 is 51.5 Å². The molecule has 0 N–H and O–H groups in total. The lowest BCUT2D eigenvalue weighted by atomic mass is 9.98. The Kier molecular flexibility index (Phi) is 7.96. The molecule has 1 aliphatic carbocycles. The minimum atomic E-state index is -0.0615. The van der Waals surface area contributed by atoms with Gasteiger partial charge in [-0.1, -0.05) is 41.4 Å². The molecule has 242 valence electrons. The van der Waals surface area contributed by atoms with Gasteiger partial charge in [-0.15, -0.1) is 0 Å². The number of hydrogen-bond acceptors (Lipinski definition) is 4. The van der Waals surface area contributed by atoms with Gasteiger partial charge in [-0.3, -0.25) is 14.3 Å². The number of Topliss-reactive ketones (excluding diaryl/α,β-unsaturated/α-hetero) is 1. The lowest BCUT2D eigenvalue weighted by Gasteiger charge is -2.35. The molecular weight excluding hydrogens is 631 g/mol. The van der Waals surface area contributed by atoms with E-state index < -0.39 is 0 Å². The van der Waals surface area contributed by atoms with Crippen LogP contribution in [-0.2, 0) is 19.9 Å². The van der Waals surface area contributed by atoms with E-state index in [2.05, 4.69) is 24.5 Å². The predicted octanol–water partition coefficient (Wildman–Crippen LogP) is 8.94. The van der Waals surface area contributed by atoms with Crippen molar-refractivity contribution < 1.29 is 14.3 Å². The van der Waals surface area contributed by atoms with E-state index in [1.165, 1.54) is 0 Å². The van der Waals surface area contributed by atoms with Crippen molar-refractivity contribution in [2.75, 3.05) is 18.1 Å². The summed E-state index contributed by atoms with van der Waals surface area (Å²) in [6.07, 6.45) is 2.47. The van der Waals surface area contributed by atoms with Crippen molar-refractivity contribution in [3.8, 4) is 16.9 Å². The van der Waals surface area contributed by atoms with E-state index in [4.69, 9.17) is 33.0 Å². The van der Waals surface area contributed by atoms with Gasteiger partial charge in [0.2, 0.25) is 0 Å². The van der Waals surface area contributed by atoms with Gasteiger partial charge in [0.1, 0.15) is 11.4 Å². The summed E-state index contributed by atoms with van der Waals surface area (Å²) >= 11 is 13.4. The first-order valence-electron chi connectivity index (χ1n) is 16.2. The van der Waals surface area contributed by atoms with E-state index >= 15 is 0 Å². The van der Waals surface area contributed by atoms with Crippen LogP contribution in [0.15, 0.2) is 42.5 Å². The largest absolute Gasteiger partial charge is 0.494 e. The fraction of sp³-hybridized carbons (Fsp3) is 0.342. The third kappa shape index (κ3) is 5.06. The third-order valence-corrected chi connectivity index (χ3v) is 10.8. The zero-order valence-electron chi connectivity index (χ0n) is 27.6. The summed E-state index contributed by atoms with van der Waals surface area (Å²) in [6, 6.07) is 13.6. The predicted molar refractivity (Wildman–Crippen MR) is 189 cm³/mol. The first-order valence-corrected chi connectivity index (χ1v) is 17.0. The average Bonchev–Trinajstić information content (AvgIpc) is 3.66. The summed E-state index contributed by atoms with van der Waals surface area (Å²) in [5, 5.41) is 7.10. The highest BCUT2D eigenvalue weighted by Gasteiger charge is 2.38. The third-order valence-electron chi connectivity index (χ3n) is 9.91. The van der Waals surface area contributed by atoms with Gasteiger partial charge in [-0.2, -0.15) is 5.10 Å². The molecule has 5 aromatic rings. The Morgan fingerprint density at radius 2 is 1.72 bits per heavy atom. The summed E-state index contributed by atoms with van der Waals surface area (Å²) in [7, 11) is 1.94. The van der Waals surface area contributed by atoms with Crippen molar-refractivity contribution in [1.29, 1.82) is 0 Å². The second-order valence-corrected chi connectivity index (χ2v) is 13.8. The number of rotatable bonds is 7. The number of aromatic nitrogens is 3. The topological polar surface area (TPSA) is 69.4 Å². The van der Waals surface area contributed by atoms with Crippen LogP contribution in [-0.4, -0.2) is 39.2 Å². The average molecular weight is 670 g/mol. The Hall–Kier alpha value is -4.07. The number of aryl methyl sites for hydroxylation is 5. The number of hydrogen-bond donors (Lipinski definition) is 0. The minimum Gasteiger partial charge on any atom is -0.494 e. The zero-order valence-corrected chi connectivity index (χ0v) is 29.1. The maximum absolute atomic E-state index is 14.8. The minimum absolute atomic E-state index is 0.0577. The molecule has 0 unspecified atom stereocenters. The fourth-order valence-electron chi connectivity index (χ4n) is 7.66. The van der Waals surface area contributed by atoms with Crippen LogP contribution in [0, 0.1) is 27.7 Å². The number of anilines is 1. The zero-order chi connectivity index (χ0) is 33.3. The summed E-state index contributed by atoms with van der Waals surface area (Å²) < 4.78 is 10.3. The Bertz CT molecular complexity index is 2100. The molecule has 0 radical (unpaired) electrons. The number of benzene rings is 3. The lowest BCUT2D eigenvalue weighted by molar-refractivity contribution is 0.0955. The molecule has 3 aromatic carbocycles. The first kappa shape index (κ1) is 31.5. The molecule has 0 spiro atoms. The SMILES string of the molecule is Cc1cc(OCCCc2c3n(c4c(-c5c(C)nn(C)c5C)c(Cl)ccc24)[C@H](C)CN(c2cccc4c2CCC4=O)C3=O)cc(C)c1Cl. The molecule has 2 aliphatic rings. The molecule has 9 heteroatoms. The van der Waals surface area contributed by atoms with Crippen molar-refractivity contribution in [2.24, 2.45) is 7.05 Å². The molecule has 1 aliphatic heterocycles. The van der Waals surface area contributed by atoms with Crippen molar-refractivity contribution in [3.63, 3.8) is 0 Å². The van der Waals surface area contributed by atoms with E-state index in [1.54, 1.807) is 0 Å².